The zero-order chi connectivity index (χ0) is 11.8. The number of hydrogen-bond acceptors (Lipinski definition) is 4. The van der Waals surface area contributed by atoms with Crippen LogP contribution in [0, 0.1) is 0 Å². The molecule has 3 rings (SSSR count). The molecular formula is C12H8N2O3. The summed E-state index contributed by atoms with van der Waals surface area (Å²) in [5.74, 6) is -0.764. The summed E-state index contributed by atoms with van der Waals surface area (Å²) in [5, 5.41) is 10.6. The van der Waals surface area contributed by atoms with Crippen molar-refractivity contribution in [2.24, 2.45) is 4.99 Å². The molecular weight excluding hydrogens is 220 g/mol. The molecule has 5 nitrogen and oxygen atoms in total. The van der Waals surface area contributed by atoms with Crippen molar-refractivity contribution in [2.45, 2.75) is 0 Å². The van der Waals surface area contributed by atoms with Crippen LogP contribution in [0.15, 0.2) is 39.9 Å². The average molecular weight is 228 g/mol. The molecule has 2 heterocycles. The summed E-state index contributed by atoms with van der Waals surface area (Å²) in [6.45, 7) is 0.471. The van der Waals surface area contributed by atoms with E-state index in [1.54, 1.807) is 0 Å². The lowest BCUT2D eigenvalue weighted by Gasteiger charge is -1.92. The second-order valence-corrected chi connectivity index (χ2v) is 3.65. The van der Waals surface area contributed by atoms with Gasteiger partial charge in [-0.1, -0.05) is 18.2 Å². The van der Waals surface area contributed by atoms with E-state index in [2.05, 4.69) is 9.98 Å². The Bertz CT molecular complexity index is 715. The summed E-state index contributed by atoms with van der Waals surface area (Å²) in [6, 6.07) is 7.64. The quantitative estimate of drug-likeness (QED) is 0.796. The molecule has 84 valence electrons. The Hall–Kier alpha value is -2.43. The van der Waals surface area contributed by atoms with Crippen LogP contribution in [0.3, 0.4) is 0 Å². The molecule has 1 aromatic heterocycles. The Balaban J connectivity index is 2.19. The van der Waals surface area contributed by atoms with Crippen LogP contribution < -0.4 is 10.6 Å². The monoisotopic (exact) mass is 228 g/mol. The van der Waals surface area contributed by atoms with Gasteiger partial charge in [-0.25, -0.2) is 9.78 Å². The molecule has 0 aliphatic carbocycles. The predicted octanol–water partition coefficient (Wildman–Crippen LogP) is 0.205. The van der Waals surface area contributed by atoms with Crippen LogP contribution in [-0.2, 0) is 0 Å². The molecule has 1 aliphatic rings. The molecule has 0 saturated heterocycles. The van der Waals surface area contributed by atoms with E-state index in [0.29, 0.717) is 12.4 Å². The highest BCUT2D eigenvalue weighted by Gasteiger charge is 2.16. The Morgan fingerprint density at radius 2 is 2.18 bits per heavy atom. The number of para-hydroxylation sites is 1. The van der Waals surface area contributed by atoms with E-state index in [0.717, 1.165) is 22.4 Å². The van der Waals surface area contributed by atoms with E-state index in [1.165, 1.54) is 0 Å². The number of aromatic carboxylic acids is 1. The number of fused-ring (bicyclic) bond motifs is 1. The third-order valence-electron chi connectivity index (χ3n) is 2.62. The minimum Gasteiger partial charge on any atom is -0.476 e. The molecule has 1 aromatic carbocycles. The smallest absolute Gasteiger partial charge is 0.357 e. The number of benzene rings is 1. The first-order valence-corrected chi connectivity index (χ1v) is 5.07. The van der Waals surface area contributed by atoms with Crippen molar-refractivity contribution in [3.8, 4) is 0 Å². The molecule has 0 amide bonds. The first-order valence-electron chi connectivity index (χ1n) is 5.07. The van der Waals surface area contributed by atoms with Crippen molar-refractivity contribution >= 4 is 11.5 Å². The number of carboxylic acids is 1. The maximum Gasteiger partial charge on any atom is 0.357 e. The summed E-state index contributed by atoms with van der Waals surface area (Å²) in [5.41, 5.74) is 0.741. The molecule has 0 saturated carbocycles. The van der Waals surface area contributed by atoms with Gasteiger partial charge in [0.25, 0.3) is 0 Å². The van der Waals surface area contributed by atoms with Crippen molar-refractivity contribution in [1.82, 2.24) is 4.98 Å². The molecule has 0 radical (unpaired) electrons. The predicted molar refractivity (Wildman–Crippen MR) is 58.1 cm³/mol. The van der Waals surface area contributed by atoms with E-state index >= 15 is 0 Å². The third kappa shape index (κ3) is 1.52. The fourth-order valence-electron chi connectivity index (χ4n) is 1.81. The standard InChI is InChI=1S/C12H8N2O3/c15-12(16)10-6-17-11(14-10)8-5-13-9-4-2-1-3-7(8)9/h1-4,6H,5H2,(H,15,16). The SMILES string of the molecule is O=C(O)c1coc(C2=c3ccccc3=NC2)n1. The lowest BCUT2D eigenvalue weighted by molar-refractivity contribution is 0.0690. The Morgan fingerprint density at radius 1 is 1.35 bits per heavy atom. The molecule has 0 bridgehead atoms. The number of rotatable bonds is 2. The van der Waals surface area contributed by atoms with Crippen LogP contribution in [-0.4, -0.2) is 22.6 Å². The topological polar surface area (TPSA) is 75.7 Å². The van der Waals surface area contributed by atoms with Crippen LogP contribution in [0.4, 0.5) is 0 Å². The summed E-state index contributed by atoms with van der Waals surface area (Å²) in [7, 11) is 0. The van der Waals surface area contributed by atoms with Crippen LogP contribution in [0.2, 0.25) is 0 Å². The zero-order valence-electron chi connectivity index (χ0n) is 8.75. The van der Waals surface area contributed by atoms with E-state index in [9.17, 15) is 4.79 Å². The minimum absolute atomic E-state index is 0.0862. The minimum atomic E-state index is -1.09. The fourth-order valence-corrected chi connectivity index (χ4v) is 1.81. The van der Waals surface area contributed by atoms with Gasteiger partial charge in [-0.2, -0.15) is 0 Å². The van der Waals surface area contributed by atoms with Crippen molar-refractivity contribution in [1.29, 1.82) is 0 Å². The summed E-state index contributed by atoms with van der Waals surface area (Å²) >= 11 is 0. The third-order valence-corrected chi connectivity index (χ3v) is 2.62. The second kappa shape index (κ2) is 3.55. The van der Waals surface area contributed by atoms with Gasteiger partial charge in [-0.05, 0) is 6.07 Å². The van der Waals surface area contributed by atoms with Gasteiger partial charge in [0.05, 0.1) is 11.9 Å². The first kappa shape index (κ1) is 9.77. The van der Waals surface area contributed by atoms with Gasteiger partial charge in [-0.3, -0.25) is 4.99 Å². The highest BCUT2D eigenvalue weighted by Crippen LogP contribution is 2.12. The van der Waals surface area contributed by atoms with E-state index in [1.807, 2.05) is 24.3 Å². The van der Waals surface area contributed by atoms with Crippen molar-refractivity contribution < 1.29 is 14.3 Å². The number of nitrogens with zero attached hydrogens (tertiary/aromatic N) is 2. The second-order valence-electron chi connectivity index (χ2n) is 3.65. The molecule has 0 fully saturated rings. The number of carbonyl (C=O) groups is 1. The van der Waals surface area contributed by atoms with Crippen molar-refractivity contribution in [3.05, 3.63) is 52.7 Å². The fraction of sp³-hybridized carbons (Fsp3) is 0.0833. The Kier molecular flexibility index (Phi) is 2.04. The van der Waals surface area contributed by atoms with Gasteiger partial charge in [0.2, 0.25) is 5.89 Å². The van der Waals surface area contributed by atoms with Crippen LogP contribution in [0.25, 0.3) is 5.57 Å². The van der Waals surface area contributed by atoms with E-state index in [4.69, 9.17) is 9.52 Å². The summed E-state index contributed by atoms with van der Waals surface area (Å²) in [6.07, 6.45) is 1.14. The van der Waals surface area contributed by atoms with Gasteiger partial charge < -0.3 is 9.52 Å². The average Bonchev–Trinajstić information content (AvgIpc) is 2.95. The largest absolute Gasteiger partial charge is 0.476 e. The van der Waals surface area contributed by atoms with Gasteiger partial charge in [-0.15, -0.1) is 0 Å². The van der Waals surface area contributed by atoms with E-state index in [-0.39, 0.29) is 5.69 Å². The van der Waals surface area contributed by atoms with Gasteiger partial charge >= 0.3 is 5.97 Å². The van der Waals surface area contributed by atoms with Crippen molar-refractivity contribution in [2.75, 3.05) is 6.54 Å². The van der Waals surface area contributed by atoms with Crippen molar-refractivity contribution in [3.63, 3.8) is 0 Å². The molecule has 17 heavy (non-hydrogen) atoms. The molecule has 1 N–H and O–H groups in total. The van der Waals surface area contributed by atoms with E-state index < -0.39 is 5.97 Å². The number of hydrogen-bond donors (Lipinski definition) is 1. The summed E-state index contributed by atoms with van der Waals surface area (Å²) < 4.78 is 5.18. The number of oxazole rings is 1. The Morgan fingerprint density at radius 3 is 2.94 bits per heavy atom. The van der Waals surface area contributed by atoms with Crippen LogP contribution in [0.1, 0.15) is 16.4 Å². The molecule has 1 aliphatic heterocycles. The maximum atomic E-state index is 10.7. The molecule has 5 heteroatoms. The molecule has 2 aromatic rings. The zero-order valence-corrected chi connectivity index (χ0v) is 8.75. The lowest BCUT2D eigenvalue weighted by atomic mass is 10.2. The van der Waals surface area contributed by atoms with Gasteiger partial charge in [0.15, 0.2) is 5.69 Å². The number of aromatic nitrogens is 1. The molecule has 0 spiro atoms. The first-order chi connectivity index (χ1) is 8.25. The highest BCUT2D eigenvalue weighted by molar-refractivity contribution is 5.85. The highest BCUT2D eigenvalue weighted by atomic mass is 16.4. The van der Waals surface area contributed by atoms with Crippen LogP contribution >= 0.6 is 0 Å². The maximum absolute atomic E-state index is 10.7. The summed E-state index contributed by atoms with van der Waals surface area (Å²) in [4.78, 5) is 19.0. The van der Waals surface area contributed by atoms with Crippen LogP contribution in [0.5, 0.6) is 0 Å². The van der Waals surface area contributed by atoms with Gasteiger partial charge in [0, 0.05) is 10.8 Å². The molecule has 0 unspecified atom stereocenters. The normalized spacial score (nSPS) is 13.3. The Labute approximate surface area is 95.8 Å². The number of carboxylic acid groups (broad SMARTS) is 1. The molecule has 0 atom stereocenters. The van der Waals surface area contributed by atoms with Gasteiger partial charge in [0.1, 0.15) is 6.26 Å². The lowest BCUT2D eigenvalue weighted by Crippen LogP contribution is -2.22.